The van der Waals surface area contributed by atoms with Gasteiger partial charge in [0, 0.05) is 16.6 Å². The maximum Gasteiger partial charge on any atom is 0.267 e. The number of para-hydroxylation sites is 1. The number of hydrogen-bond donors (Lipinski definition) is 1. The number of hydrogen-bond acceptors (Lipinski definition) is 7. The Hall–Kier alpha value is -4.08. The molecule has 5 aromatic rings. The number of nitrogens with one attached hydrogen (secondary N) is 1. The molecule has 2 heterocycles. The first-order valence-electron chi connectivity index (χ1n) is 13.5. The number of carbonyl (C=O) groups is 1. The molecule has 0 saturated heterocycles. The number of benzene rings is 3. The van der Waals surface area contributed by atoms with Gasteiger partial charge in [0.15, 0.2) is 5.16 Å². The van der Waals surface area contributed by atoms with Gasteiger partial charge in [-0.25, -0.2) is 4.98 Å². The SMILES string of the molecule is COc1cccc(-n2c(S[C@@H](C)C(=O)Nc3ccc(Oc4ccccc4)cc3)nc3sc4c(c3c2=O)CCCC4)c1. The Bertz CT molecular complexity index is 1760. The zero-order valence-corrected chi connectivity index (χ0v) is 24.4. The van der Waals surface area contributed by atoms with Crippen molar-refractivity contribution in [3.63, 3.8) is 0 Å². The summed E-state index contributed by atoms with van der Waals surface area (Å²) in [6.07, 6.45) is 4.07. The molecule has 1 amide bonds. The van der Waals surface area contributed by atoms with Gasteiger partial charge >= 0.3 is 0 Å². The van der Waals surface area contributed by atoms with Crippen molar-refractivity contribution in [3.8, 4) is 22.9 Å². The Morgan fingerprint density at radius 2 is 1.71 bits per heavy atom. The number of thiophene rings is 1. The van der Waals surface area contributed by atoms with Crippen molar-refractivity contribution in [1.82, 2.24) is 9.55 Å². The Morgan fingerprint density at radius 3 is 2.49 bits per heavy atom. The lowest BCUT2D eigenvalue weighted by Crippen LogP contribution is -2.26. The van der Waals surface area contributed by atoms with Crippen LogP contribution in [0.2, 0.25) is 0 Å². The monoisotopic (exact) mass is 583 g/mol. The van der Waals surface area contributed by atoms with Crippen molar-refractivity contribution in [3.05, 3.63) is 99.7 Å². The molecule has 0 bridgehead atoms. The fourth-order valence-electron chi connectivity index (χ4n) is 4.93. The normalized spacial score (nSPS) is 13.4. The second-order valence-corrected chi connectivity index (χ2v) is 12.2. The maximum atomic E-state index is 14.1. The van der Waals surface area contributed by atoms with E-state index in [9.17, 15) is 9.59 Å². The molecule has 7 nitrogen and oxygen atoms in total. The van der Waals surface area contributed by atoms with E-state index < -0.39 is 5.25 Å². The van der Waals surface area contributed by atoms with Crippen LogP contribution in [-0.2, 0) is 17.6 Å². The Kier molecular flexibility index (Phi) is 7.80. The average molecular weight is 584 g/mol. The fourth-order valence-corrected chi connectivity index (χ4v) is 7.16. The summed E-state index contributed by atoms with van der Waals surface area (Å²) >= 11 is 2.87. The van der Waals surface area contributed by atoms with E-state index in [0.29, 0.717) is 33.4 Å². The smallest absolute Gasteiger partial charge is 0.267 e. The lowest BCUT2D eigenvalue weighted by molar-refractivity contribution is -0.115. The molecule has 6 rings (SSSR count). The Labute approximate surface area is 246 Å². The highest BCUT2D eigenvalue weighted by Gasteiger charge is 2.25. The molecular weight excluding hydrogens is 555 g/mol. The number of aromatic nitrogens is 2. The molecule has 208 valence electrons. The number of methoxy groups -OCH3 is 1. The van der Waals surface area contributed by atoms with Crippen molar-refractivity contribution in [2.45, 2.75) is 43.0 Å². The Morgan fingerprint density at radius 1 is 0.976 bits per heavy atom. The second-order valence-electron chi connectivity index (χ2n) is 9.82. The summed E-state index contributed by atoms with van der Waals surface area (Å²) in [7, 11) is 1.60. The average Bonchev–Trinajstić information content (AvgIpc) is 3.37. The van der Waals surface area contributed by atoms with Crippen LogP contribution in [0.5, 0.6) is 17.2 Å². The molecule has 0 unspecified atom stereocenters. The van der Waals surface area contributed by atoms with Crippen LogP contribution in [0.4, 0.5) is 5.69 Å². The van der Waals surface area contributed by atoms with E-state index in [1.165, 1.54) is 16.6 Å². The van der Waals surface area contributed by atoms with Crippen LogP contribution in [0.15, 0.2) is 88.8 Å². The summed E-state index contributed by atoms with van der Waals surface area (Å²) in [5, 5.41) is 3.63. The maximum absolute atomic E-state index is 14.1. The van der Waals surface area contributed by atoms with Crippen molar-refractivity contribution in [2.24, 2.45) is 0 Å². The van der Waals surface area contributed by atoms with Gasteiger partial charge in [-0.05, 0) is 86.7 Å². The van der Waals surface area contributed by atoms with E-state index in [2.05, 4.69) is 5.32 Å². The number of aryl methyl sites for hydroxylation is 2. The molecule has 0 spiro atoms. The number of ether oxygens (including phenoxy) is 2. The third-order valence-electron chi connectivity index (χ3n) is 7.02. The van der Waals surface area contributed by atoms with Gasteiger partial charge in [0.05, 0.1) is 23.4 Å². The standard InChI is InChI=1S/C32H29N3O4S2/c1-20(29(36)33-21-15-17-24(18-16-21)39-23-10-4-3-5-11-23)40-32-34-30-28(26-13-6-7-14-27(26)41-30)31(37)35(32)22-9-8-12-25(19-22)38-2/h3-5,8-12,15-20H,6-7,13-14H2,1-2H3,(H,33,36)/t20-/m0/s1. The number of fused-ring (bicyclic) bond motifs is 3. The molecule has 9 heteroatoms. The zero-order chi connectivity index (χ0) is 28.3. The van der Waals surface area contributed by atoms with Crippen molar-refractivity contribution < 1.29 is 14.3 Å². The highest BCUT2D eigenvalue weighted by Crippen LogP contribution is 2.36. The van der Waals surface area contributed by atoms with Gasteiger partial charge in [0.1, 0.15) is 22.1 Å². The van der Waals surface area contributed by atoms with E-state index in [1.807, 2.05) is 73.7 Å². The van der Waals surface area contributed by atoms with Crippen LogP contribution < -0.4 is 20.3 Å². The van der Waals surface area contributed by atoms with Gasteiger partial charge in [-0.2, -0.15) is 0 Å². The fraction of sp³-hybridized carbons (Fsp3) is 0.219. The summed E-state index contributed by atoms with van der Waals surface area (Å²) in [5.74, 6) is 1.87. The predicted molar refractivity (Wildman–Crippen MR) is 165 cm³/mol. The van der Waals surface area contributed by atoms with Gasteiger partial charge in [-0.15, -0.1) is 11.3 Å². The highest BCUT2D eigenvalue weighted by molar-refractivity contribution is 8.00. The van der Waals surface area contributed by atoms with Gasteiger partial charge in [-0.1, -0.05) is 36.0 Å². The quantitative estimate of drug-likeness (QED) is 0.153. The van der Waals surface area contributed by atoms with Gasteiger partial charge < -0.3 is 14.8 Å². The summed E-state index contributed by atoms with van der Waals surface area (Å²) < 4.78 is 12.9. The minimum atomic E-state index is -0.522. The molecular formula is C32H29N3O4S2. The highest BCUT2D eigenvalue weighted by atomic mass is 32.2. The largest absolute Gasteiger partial charge is 0.497 e. The zero-order valence-electron chi connectivity index (χ0n) is 22.8. The van der Waals surface area contributed by atoms with Crippen LogP contribution in [0, 0.1) is 0 Å². The number of carbonyl (C=O) groups excluding carboxylic acids is 1. The predicted octanol–water partition coefficient (Wildman–Crippen LogP) is 7.25. The summed E-state index contributed by atoms with van der Waals surface area (Å²) in [6.45, 7) is 1.82. The summed E-state index contributed by atoms with van der Waals surface area (Å²) in [6, 6.07) is 24.1. The first kappa shape index (κ1) is 27.1. The molecule has 1 N–H and O–H groups in total. The molecule has 1 atom stereocenters. The first-order chi connectivity index (χ1) is 20.0. The topological polar surface area (TPSA) is 82.4 Å². The molecule has 0 aliphatic heterocycles. The second kappa shape index (κ2) is 11.8. The number of nitrogens with zero attached hydrogens (tertiary/aromatic N) is 2. The number of rotatable bonds is 8. The van der Waals surface area contributed by atoms with Crippen LogP contribution in [0.25, 0.3) is 15.9 Å². The van der Waals surface area contributed by atoms with E-state index >= 15 is 0 Å². The van der Waals surface area contributed by atoms with E-state index in [0.717, 1.165) is 41.8 Å². The van der Waals surface area contributed by atoms with Crippen molar-refractivity contribution >= 4 is 44.9 Å². The number of amides is 1. The molecule has 1 aliphatic rings. The first-order valence-corrected chi connectivity index (χ1v) is 15.2. The van der Waals surface area contributed by atoms with E-state index in [4.69, 9.17) is 14.5 Å². The molecule has 0 saturated carbocycles. The van der Waals surface area contributed by atoms with Gasteiger partial charge in [0.2, 0.25) is 5.91 Å². The van der Waals surface area contributed by atoms with Gasteiger partial charge in [-0.3, -0.25) is 14.2 Å². The minimum Gasteiger partial charge on any atom is -0.497 e. The number of anilines is 1. The minimum absolute atomic E-state index is 0.105. The third kappa shape index (κ3) is 5.73. The van der Waals surface area contributed by atoms with Crippen LogP contribution >= 0.6 is 23.1 Å². The van der Waals surface area contributed by atoms with Crippen LogP contribution in [0.3, 0.4) is 0 Å². The van der Waals surface area contributed by atoms with Gasteiger partial charge in [0.25, 0.3) is 5.56 Å². The number of thioether (sulfide) groups is 1. The van der Waals surface area contributed by atoms with Crippen LogP contribution in [-0.4, -0.2) is 27.8 Å². The Balaban J connectivity index is 1.27. The lowest BCUT2D eigenvalue weighted by atomic mass is 9.97. The molecule has 3 aromatic carbocycles. The van der Waals surface area contributed by atoms with Crippen LogP contribution in [0.1, 0.15) is 30.2 Å². The van der Waals surface area contributed by atoms with Crippen molar-refractivity contribution in [1.29, 1.82) is 0 Å². The van der Waals surface area contributed by atoms with E-state index in [1.54, 1.807) is 35.1 Å². The molecule has 41 heavy (non-hydrogen) atoms. The summed E-state index contributed by atoms with van der Waals surface area (Å²) in [5.41, 5.74) is 2.34. The molecule has 1 aliphatic carbocycles. The molecule has 0 fully saturated rings. The molecule has 0 radical (unpaired) electrons. The van der Waals surface area contributed by atoms with Crippen molar-refractivity contribution in [2.75, 3.05) is 12.4 Å². The van der Waals surface area contributed by atoms with E-state index in [-0.39, 0.29) is 11.5 Å². The third-order valence-corrected chi connectivity index (χ3v) is 9.26. The molecule has 2 aromatic heterocycles. The summed E-state index contributed by atoms with van der Waals surface area (Å²) in [4.78, 5) is 34.3. The lowest BCUT2D eigenvalue weighted by Gasteiger charge is -2.17.